The standard InChI is InChI=1S/C21H24ClNO3S/c22-18-11-13-19(14-12-18)27(25,26)15-20(24)23-21(16-7-3-1-4-8-16)17-9-5-2-6-10-17/h1,3-4,7-8,11-14,17,21H,2,5-6,9-10,15H2,(H,23,24). The zero-order chi connectivity index (χ0) is 19.3. The fourth-order valence-electron chi connectivity index (χ4n) is 3.71. The Kier molecular flexibility index (Phi) is 6.55. The van der Waals surface area contributed by atoms with Crippen LogP contribution in [0.5, 0.6) is 0 Å². The molecule has 1 aliphatic rings. The zero-order valence-corrected chi connectivity index (χ0v) is 16.7. The first kappa shape index (κ1) is 19.9. The second-order valence-corrected chi connectivity index (χ2v) is 9.49. The molecule has 0 bridgehead atoms. The van der Waals surface area contributed by atoms with Crippen molar-refractivity contribution in [2.24, 2.45) is 5.92 Å². The lowest BCUT2D eigenvalue weighted by Gasteiger charge is -2.31. The number of sulfone groups is 1. The molecule has 1 saturated carbocycles. The Labute approximate surface area is 165 Å². The molecule has 1 aliphatic carbocycles. The third-order valence-electron chi connectivity index (χ3n) is 5.09. The minimum absolute atomic E-state index is 0.107. The van der Waals surface area contributed by atoms with Gasteiger partial charge in [0, 0.05) is 5.02 Å². The van der Waals surface area contributed by atoms with Gasteiger partial charge < -0.3 is 5.32 Å². The number of amides is 1. The van der Waals surface area contributed by atoms with Crippen LogP contribution in [-0.2, 0) is 14.6 Å². The van der Waals surface area contributed by atoms with E-state index < -0.39 is 21.5 Å². The van der Waals surface area contributed by atoms with Crippen LogP contribution in [0.25, 0.3) is 0 Å². The van der Waals surface area contributed by atoms with Gasteiger partial charge in [-0.2, -0.15) is 0 Å². The maximum atomic E-state index is 12.6. The molecular weight excluding hydrogens is 382 g/mol. The van der Waals surface area contributed by atoms with E-state index in [1.165, 1.54) is 30.7 Å². The Morgan fingerprint density at radius 3 is 2.26 bits per heavy atom. The van der Waals surface area contributed by atoms with Crippen molar-refractivity contribution in [3.8, 4) is 0 Å². The van der Waals surface area contributed by atoms with Gasteiger partial charge in [0.2, 0.25) is 5.91 Å². The van der Waals surface area contributed by atoms with Crippen molar-refractivity contribution in [2.45, 2.75) is 43.0 Å². The van der Waals surface area contributed by atoms with E-state index >= 15 is 0 Å². The quantitative estimate of drug-likeness (QED) is 0.766. The Morgan fingerprint density at radius 1 is 1.00 bits per heavy atom. The van der Waals surface area contributed by atoms with Crippen LogP contribution in [0.15, 0.2) is 59.5 Å². The van der Waals surface area contributed by atoms with Crippen molar-refractivity contribution in [3.05, 3.63) is 65.2 Å². The average molecular weight is 406 g/mol. The summed E-state index contributed by atoms with van der Waals surface area (Å²) in [5, 5.41) is 3.45. The summed E-state index contributed by atoms with van der Waals surface area (Å²) in [5.74, 6) is -0.697. The molecule has 1 amide bonds. The van der Waals surface area contributed by atoms with E-state index in [4.69, 9.17) is 11.6 Å². The van der Waals surface area contributed by atoms with Gasteiger partial charge in [0.05, 0.1) is 10.9 Å². The third kappa shape index (κ3) is 5.33. The lowest BCUT2D eigenvalue weighted by molar-refractivity contribution is -0.119. The van der Waals surface area contributed by atoms with Crippen molar-refractivity contribution < 1.29 is 13.2 Å². The van der Waals surface area contributed by atoms with E-state index in [0.29, 0.717) is 10.9 Å². The number of nitrogens with one attached hydrogen (secondary N) is 1. The highest BCUT2D eigenvalue weighted by Crippen LogP contribution is 2.34. The minimum Gasteiger partial charge on any atom is -0.348 e. The number of carbonyl (C=O) groups is 1. The molecule has 144 valence electrons. The molecule has 2 aromatic carbocycles. The van der Waals surface area contributed by atoms with Crippen LogP contribution in [0, 0.1) is 5.92 Å². The molecule has 1 atom stereocenters. The number of carbonyl (C=O) groups excluding carboxylic acids is 1. The predicted octanol–water partition coefficient (Wildman–Crippen LogP) is 4.55. The maximum absolute atomic E-state index is 12.6. The molecule has 0 aromatic heterocycles. The van der Waals surface area contributed by atoms with Crippen LogP contribution in [0.1, 0.15) is 43.7 Å². The molecule has 0 aliphatic heterocycles. The third-order valence-corrected chi connectivity index (χ3v) is 6.97. The van der Waals surface area contributed by atoms with E-state index in [2.05, 4.69) is 5.32 Å². The number of benzene rings is 2. The second kappa shape index (κ2) is 8.89. The number of hydrogen-bond acceptors (Lipinski definition) is 3. The average Bonchev–Trinajstić information content (AvgIpc) is 2.67. The molecule has 4 nitrogen and oxygen atoms in total. The van der Waals surface area contributed by atoms with Gasteiger partial charge in [-0.25, -0.2) is 8.42 Å². The summed E-state index contributed by atoms with van der Waals surface area (Å²) in [6, 6.07) is 15.6. The predicted molar refractivity (Wildman–Crippen MR) is 107 cm³/mol. The highest BCUT2D eigenvalue weighted by molar-refractivity contribution is 7.92. The van der Waals surface area contributed by atoms with Crippen LogP contribution in [-0.4, -0.2) is 20.1 Å². The molecule has 6 heteroatoms. The van der Waals surface area contributed by atoms with E-state index in [9.17, 15) is 13.2 Å². The molecule has 0 radical (unpaired) electrons. The van der Waals surface area contributed by atoms with Gasteiger partial charge in [-0.3, -0.25) is 4.79 Å². The zero-order valence-electron chi connectivity index (χ0n) is 15.1. The summed E-state index contributed by atoms with van der Waals surface area (Å²) < 4.78 is 25.1. The summed E-state index contributed by atoms with van der Waals surface area (Å²) >= 11 is 5.82. The van der Waals surface area contributed by atoms with Crippen LogP contribution < -0.4 is 5.32 Å². The van der Waals surface area contributed by atoms with Gasteiger partial charge in [-0.1, -0.05) is 61.2 Å². The maximum Gasteiger partial charge on any atom is 0.236 e. The fourth-order valence-corrected chi connectivity index (χ4v) is 4.99. The van der Waals surface area contributed by atoms with Crippen molar-refractivity contribution in [2.75, 3.05) is 5.75 Å². The normalized spacial score (nSPS) is 16.6. The molecule has 3 rings (SSSR count). The number of hydrogen-bond donors (Lipinski definition) is 1. The van der Waals surface area contributed by atoms with E-state index in [1.54, 1.807) is 0 Å². The smallest absolute Gasteiger partial charge is 0.236 e. The second-order valence-electron chi connectivity index (χ2n) is 7.07. The molecule has 27 heavy (non-hydrogen) atoms. The Hall–Kier alpha value is -1.85. The number of rotatable bonds is 6. The lowest BCUT2D eigenvalue weighted by atomic mass is 9.81. The molecule has 0 heterocycles. The van der Waals surface area contributed by atoms with Gasteiger partial charge in [0.1, 0.15) is 5.75 Å². The first-order chi connectivity index (χ1) is 13.0. The summed E-state index contributed by atoms with van der Waals surface area (Å²) in [4.78, 5) is 12.7. The summed E-state index contributed by atoms with van der Waals surface area (Å²) in [6.45, 7) is 0. The molecule has 1 unspecified atom stereocenters. The van der Waals surface area contributed by atoms with Crippen molar-refractivity contribution in [1.29, 1.82) is 0 Å². The largest absolute Gasteiger partial charge is 0.348 e. The van der Waals surface area contributed by atoms with Crippen LogP contribution in [0.2, 0.25) is 5.02 Å². The van der Waals surface area contributed by atoms with Crippen LogP contribution >= 0.6 is 11.6 Å². The fraction of sp³-hybridized carbons (Fsp3) is 0.381. The van der Waals surface area contributed by atoms with Crippen LogP contribution in [0.3, 0.4) is 0 Å². The van der Waals surface area contributed by atoms with Crippen molar-refractivity contribution >= 4 is 27.3 Å². The van der Waals surface area contributed by atoms with Crippen LogP contribution in [0.4, 0.5) is 0 Å². The monoisotopic (exact) mass is 405 g/mol. The lowest BCUT2D eigenvalue weighted by Crippen LogP contribution is -2.37. The highest BCUT2D eigenvalue weighted by Gasteiger charge is 2.28. The van der Waals surface area contributed by atoms with Gasteiger partial charge in [0.15, 0.2) is 9.84 Å². The highest BCUT2D eigenvalue weighted by atomic mass is 35.5. The first-order valence-electron chi connectivity index (χ1n) is 9.28. The van der Waals surface area contributed by atoms with E-state index in [0.717, 1.165) is 31.2 Å². The minimum atomic E-state index is -3.71. The topological polar surface area (TPSA) is 63.2 Å². The van der Waals surface area contributed by atoms with E-state index in [-0.39, 0.29) is 10.9 Å². The summed E-state index contributed by atoms with van der Waals surface area (Å²) in [5.41, 5.74) is 1.03. The van der Waals surface area contributed by atoms with Gasteiger partial charge in [-0.05, 0) is 48.6 Å². The Bertz CT molecular complexity index is 860. The molecule has 0 spiro atoms. The number of halogens is 1. The van der Waals surface area contributed by atoms with Gasteiger partial charge >= 0.3 is 0 Å². The Morgan fingerprint density at radius 2 is 1.63 bits per heavy atom. The molecular formula is C21H24ClNO3S. The summed E-state index contributed by atoms with van der Waals surface area (Å²) in [7, 11) is -3.71. The SMILES string of the molecule is O=C(CS(=O)(=O)c1ccc(Cl)cc1)NC(c1ccccc1)C1CCCCC1. The molecule has 1 fully saturated rings. The van der Waals surface area contributed by atoms with Crippen molar-refractivity contribution in [1.82, 2.24) is 5.32 Å². The van der Waals surface area contributed by atoms with E-state index in [1.807, 2.05) is 30.3 Å². The summed E-state index contributed by atoms with van der Waals surface area (Å²) in [6.07, 6.45) is 5.60. The molecule has 1 N–H and O–H groups in total. The first-order valence-corrected chi connectivity index (χ1v) is 11.3. The van der Waals surface area contributed by atoms with Crippen molar-refractivity contribution in [3.63, 3.8) is 0 Å². The molecule has 0 saturated heterocycles. The van der Waals surface area contributed by atoms with Gasteiger partial charge in [0.25, 0.3) is 0 Å². The Balaban J connectivity index is 1.75. The van der Waals surface area contributed by atoms with Gasteiger partial charge in [-0.15, -0.1) is 0 Å². The molecule has 2 aromatic rings.